The highest BCUT2D eigenvalue weighted by Crippen LogP contribution is 2.19. The lowest BCUT2D eigenvalue weighted by Crippen LogP contribution is -2.34. The molecule has 0 fully saturated rings. The Kier molecular flexibility index (Phi) is 8.27. The molecule has 0 saturated heterocycles. The van der Waals surface area contributed by atoms with Crippen molar-refractivity contribution >= 4 is 0 Å². The first-order valence-electron chi connectivity index (χ1n) is 6.69. The quantitative estimate of drug-likeness (QED) is 0.586. The van der Waals surface area contributed by atoms with Crippen LogP contribution in [0.1, 0.15) is 20.8 Å². The van der Waals surface area contributed by atoms with Crippen molar-refractivity contribution in [2.75, 3.05) is 19.8 Å². The molecule has 2 aromatic carbocycles. The molecule has 0 amide bonds. The summed E-state index contributed by atoms with van der Waals surface area (Å²) < 4.78 is 9.82. The van der Waals surface area contributed by atoms with Crippen molar-refractivity contribution in [1.82, 2.24) is 0 Å². The summed E-state index contributed by atoms with van der Waals surface area (Å²) in [5.74, 6) is -1.50. The Hall–Kier alpha value is -2.68. The molecule has 0 aliphatic heterocycles. The minimum Gasteiger partial charge on any atom is -0.501 e. The second-order valence-electron chi connectivity index (χ2n) is 3.85. The van der Waals surface area contributed by atoms with E-state index in [9.17, 15) is 19.2 Å². The fraction of sp³-hybridized carbons (Fsp3) is 0.429. The summed E-state index contributed by atoms with van der Waals surface area (Å²) >= 11 is 0. The highest BCUT2D eigenvalue weighted by atomic mass is 16.5. The predicted molar refractivity (Wildman–Crippen MR) is 81.1 cm³/mol. The van der Waals surface area contributed by atoms with Gasteiger partial charge in [-0.15, -0.1) is 0 Å². The van der Waals surface area contributed by atoms with Crippen LogP contribution in [0, 0.1) is 0 Å². The maximum atomic E-state index is 10.8. The number of hydrogen-bond donors (Lipinski definition) is 3. The van der Waals surface area contributed by atoms with Crippen LogP contribution in [-0.4, -0.2) is 35.1 Å². The molecule has 0 unspecified atom stereocenters. The molecular formula is C14H18O9. The van der Waals surface area contributed by atoms with E-state index in [0.29, 0.717) is 13.2 Å². The van der Waals surface area contributed by atoms with E-state index in [2.05, 4.69) is 0 Å². The van der Waals surface area contributed by atoms with E-state index in [0.717, 1.165) is 0 Å². The van der Waals surface area contributed by atoms with Gasteiger partial charge in [-0.3, -0.25) is 19.2 Å². The molecule has 2 rings (SSSR count). The zero-order valence-corrected chi connectivity index (χ0v) is 12.9. The van der Waals surface area contributed by atoms with Crippen LogP contribution in [-0.2, 0) is 0 Å². The summed E-state index contributed by atoms with van der Waals surface area (Å²) in [5, 5.41) is 24.0. The van der Waals surface area contributed by atoms with Crippen LogP contribution in [0.15, 0.2) is 19.2 Å². The fourth-order valence-electron chi connectivity index (χ4n) is 1.27. The lowest BCUT2D eigenvalue weighted by Gasteiger charge is -2.10. The van der Waals surface area contributed by atoms with Crippen LogP contribution in [0.2, 0.25) is 0 Å². The molecule has 0 bridgehead atoms. The lowest BCUT2D eigenvalue weighted by atomic mass is 10.2. The summed E-state index contributed by atoms with van der Waals surface area (Å²) in [4.78, 5) is 41.6. The van der Waals surface area contributed by atoms with Gasteiger partial charge in [0, 0.05) is 6.61 Å². The highest BCUT2D eigenvalue weighted by Gasteiger charge is 2.23. The van der Waals surface area contributed by atoms with Crippen molar-refractivity contribution < 1.29 is 24.8 Å². The van der Waals surface area contributed by atoms with Crippen molar-refractivity contribution in [3.05, 3.63) is 40.9 Å². The van der Waals surface area contributed by atoms with Gasteiger partial charge in [0.05, 0.1) is 13.2 Å². The largest absolute Gasteiger partial charge is 0.501 e. The van der Waals surface area contributed by atoms with E-state index in [-0.39, 0.29) is 18.1 Å². The monoisotopic (exact) mass is 330 g/mol. The first kappa shape index (κ1) is 20.3. The number of rotatable bonds is 4. The molecule has 9 heteroatoms. The van der Waals surface area contributed by atoms with Crippen LogP contribution >= 0.6 is 0 Å². The Morgan fingerprint density at radius 1 is 0.696 bits per heavy atom. The number of aliphatic hydroxyl groups excluding tert-OH is 1. The Morgan fingerprint density at radius 3 is 1.13 bits per heavy atom. The minimum atomic E-state index is -1.01. The smallest absolute Gasteiger partial charge is 0.275 e. The Labute approximate surface area is 130 Å². The third kappa shape index (κ3) is 4.65. The summed E-state index contributed by atoms with van der Waals surface area (Å²) in [6.45, 7) is 6.15. The summed E-state index contributed by atoms with van der Waals surface area (Å²) in [5.41, 5.74) is -3.19. The average molecular weight is 330 g/mol. The van der Waals surface area contributed by atoms with E-state index in [1.807, 2.05) is 0 Å². The second kappa shape index (κ2) is 9.36. The molecule has 23 heavy (non-hydrogen) atoms. The van der Waals surface area contributed by atoms with Crippen molar-refractivity contribution in [2.24, 2.45) is 0 Å². The summed E-state index contributed by atoms with van der Waals surface area (Å²) in [7, 11) is 0. The molecule has 0 aromatic heterocycles. The second-order valence-corrected chi connectivity index (χ2v) is 3.85. The standard InChI is InChI=1S/C8H10O4.C4H2O4.C2H6O/c1-3-11-7-5(9)6(10)8(7)12-4-2;5-1-2(6)4(8)3(1)7;1-2-3/h3-4H2,1-2H3;5-6H;3H,2H2,1H3. The molecule has 128 valence electrons. The maximum Gasteiger partial charge on any atom is 0.275 e. The van der Waals surface area contributed by atoms with E-state index < -0.39 is 33.2 Å². The summed E-state index contributed by atoms with van der Waals surface area (Å²) in [6.07, 6.45) is 0. The van der Waals surface area contributed by atoms with Crippen LogP contribution in [0.3, 0.4) is 0 Å². The Morgan fingerprint density at radius 2 is 0.957 bits per heavy atom. The van der Waals surface area contributed by atoms with Gasteiger partial charge in [-0.1, -0.05) is 0 Å². The number of ether oxygens (including phenoxy) is 2. The Balaban J connectivity index is 0.000000379. The predicted octanol–water partition coefficient (Wildman–Crippen LogP) is -1.23. The molecule has 9 nitrogen and oxygen atoms in total. The van der Waals surface area contributed by atoms with Gasteiger partial charge >= 0.3 is 0 Å². The van der Waals surface area contributed by atoms with Gasteiger partial charge < -0.3 is 24.8 Å². The van der Waals surface area contributed by atoms with Gasteiger partial charge in [0.1, 0.15) is 0 Å². The maximum absolute atomic E-state index is 10.8. The zero-order chi connectivity index (χ0) is 18.2. The van der Waals surface area contributed by atoms with Crippen LogP contribution in [0.5, 0.6) is 23.0 Å². The van der Waals surface area contributed by atoms with Gasteiger partial charge in [0.15, 0.2) is 0 Å². The van der Waals surface area contributed by atoms with Gasteiger partial charge in [-0.05, 0) is 20.8 Å². The molecule has 2 aromatic rings. The van der Waals surface area contributed by atoms with Crippen LogP contribution in [0.4, 0.5) is 0 Å². The van der Waals surface area contributed by atoms with Crippen molar-refractivity contribution in [3.8, 4) is 23.0 Å². The lowest BCUT2D eigenvalue weighted by molar-refractivity contribution is 0.274. The molecule has 0 radical (unpaired) electrons. The Bertz CT molecular complexity index is 695. The van der Waals surface area contributed by atoms with Gasteiger partial charge in [-0.2, -0.15) is 0 Å². The van der Waals surface area contributed by atoms with Crippen molar-refractivity contribution in [1.29, 1.82) is 0 Å². The van der Waals surface area contributed by atoms with Crippen LogP contribution < -0.4 is 31.2 Å². The van der Waals surface area contributed by atoms with Gasteiger partial charge in [-0.25, -0.2) is 0 Å². The molecule has 0 spiro atoms. The molecule has 3 N–H and O–H groups in total. The van der Waals surface area contributed by atoms with Crippen molar-refractivity contribution in [3.63, 3.8) is 0 Å². The average Bonchev–Trinajstić information content (AvgIpc) is 2.57. The minimum absolute atomic E-state index is 0.0735. The van der Waals surface area contributed by atoms with E-state index >= 15 is 0 Å². The SMILES string of the molecule is CCO.CCOc1c(OCC)c(=O)c1=O.O=c1c(O)c(O)c1=O. The number of hydrogen-bond acceptors (Lipinski definition) is 9. The van der Waals surface area contributed by atoms with E-state index in [1.54, 1.807) is 20.8 Å². The molecule has 0 aliphatic rings. The first-order valence-corrected chi connectivity index (χ1v) is 6.69. The van der Waals surface area contributed by atoms with Crippen LogP contribution in [0.25, 0.3) is 0 Å². The molecule has 0 heterocycles. The van der Waals surface area contributed by atoms with Gasteiger partial charge in [0.2, 0.25) is 23.0 Å². The highest BCUT2D eigenvalue weighted by molar-refractivity contribution is 5.45. The molecule has 0 aliphatic carbocycles. The zero-order valence-electron chi connectivity index (χ0n) is 12.9. The molecule has 0 saturated carbocycles. The van der Waals surface area contributed by atoms with Crippen molar-refractivity contribution in [2.45, 2.75) is 20.8 Å². The number of aliphatic hydroxyl groups is 1. The van der Waals surface area contributed by atoms with E-state index in [4.69, 9.17) is 24.8 Å². The normalized spacial score (nSPS) is 9.57. The van der Waals surface area contributed by atoms with E-state index in [1.165, 1.54) is 0 Å². The molecular weight excluding hydrogens is 312 g/mol. The summed E-state index contributed by atoms with van der Waals surface area (Å²) in [6, 6.07) is 0. The number of aromatic hydroxyl groups is 2. The third-order valence-corrected chi connectivity index (χ3v) is 2.26. The molecule has 0 atom stereocenters. The third-order valence-electron chi connectivity index (χ3n) is 2.26. The fourth-order valence-corrected chi connectivity index (χ4v) is 1.27. The van der Waals surface area contributed by atoms with Gasteiger partial charge in [0.25, 0.3) is 21.7 Å². The topological polar surface area (TPSA) is 147 Å². The first-order chi connectivity index (χ1) is 10.8.